The Morgan fingerprint density at radius 3 is 3.10 bits per heavy atom. The molecule has 1 saturated heterocycles. The van der Waals surface area contributed by atoms with E-state index >= 15 is 0 Å². The van der Waals surface area contributed by atoms with Crippen molar-refractivity contribution in [1.29, 1.82) is 0 Å². The van der Waals surface area contributed by atoms with Crippen molar-refractivity contribution < 1.29 is 0 Å². The molecule has 108 valence electrons. The molecule has 0 saturated carbocycles. The number of hydrogen-bond donors (Lipinski definition) is 1. The standard InChI is InChI=1S/C15H18N6/c1-20(2)13-7-10(3-5-16-13)14-17-8-12-15(19-14)18-11-4-6-21(12)9-11/h3,5,7-8,11H,4,6,9H2,1-2H3,(H,17,18,19)/t11-/m0/s1. The van der Waals surface area contributed by atoms with Crippen LogP contribution in [0.15, 0.2) is 24.5 Å². The second-order valence-corrected chi connectivity index (χ2v) is 5.80. The predicted octanol–water partition coefficient (Wildman–Crippen LogP) is 1.61. The zero-order valence-corrected chi connectivity index (χ0v) is 12.2. The summed E-state index contributed by atoms with van der Waals surface area (Å²) in [5, 5.41) is 3.52. The Labute approximate surface area is 123 Å². The summed E-state index contributed by atoms with van der Waals surface area (Å²) >= 11 is 0. The first-order chi connectivity index (χ1) is 10.2. The van der Waals surface area contributed by atoms with Crippen LogP contribution >= 0.6 is 0 Å². The average Bonchev–Trinajstić information content (AvgIpc) is 2.89. The van der Waals surface area contributed by atoms with Crippen LogP contribution in [0.2, 0.25) is 0 Å². The van der Waals surface area contributed by atoms with Crippen molar-refractivity contribution in [2.24, 2.45) is 0 Å². The SMILES string of the molecule is CN(C)c1cc(-c2ncc3c(n2)N[C@H]2CCN3C2)ccn1. The predicted molar refractivity (Wildman–Crippen MR) is 83.8 cm³/mol. The summed E-state index contributed by atoms with van der Waals surface area (Å²) in [6.07, 6.45) is 4.90. The number of fused-ring (bicyclic) bond motifs is 4. The van der Waals surface area contributed by atoms with Gasteiger partial charge in [-0.25, -0.2) is 15.0 Å². The first-order valence-corrected chi connectivity index (χ1v) is 7.23. The maximum absolute atomic E-state index is 4.71. The van der Waals surface area contributed by atoms with Gasteiger partial charge in [0.25, 0.3) is 0 Å². The summed E-state index contributed by atoms with van der Waals surface area (Å²) < 4.78 is 0. The van der Waals surface area contributed by atoms with Gasteiger partial charge in [0, 0.05) is 45.0 Å². The molecule has 2 aliphatic rings. The quantitative estimate of drug-likeness (QED) is 0.903. The summed E-state index contributed by atoms with van der Waals surface area (Å²) in [5.41, 5.74) is 2.11. The molecule has 2 aliphatic heterocycles. The zero-order chi connectivity index (χ0) is 14.4. The minimum Gasteiger partial charge on any atom is -0.365 e. The molecule has 1 atom stereocenters. The van der Waals surface area contributed by atoms with Crippen LogP contribution in [0.3, 0.4) is 0 Å². The molecule has 1 N–H and O–H groups in total. The number of hydrogen-bond acceptors (Lipinski definition) is 6. The molecule has 4 rings (SSSR count). The van der Waals surface area contributed by atoms with Crippen molar-refractivity contribution in [2.75, 3.05) is 42.3 Å². The molecule has 2 aromatic rings. The highest BCUT2D eigenvalue weighted by Crippen LogP contribution is 2.34. The molecule has 6 nitrogen and oxygen atoms in total. The van der Waals surface area contributed by atoms with Crippen LogP contribution in [0.4, 0.5) is 17.3 Å². The van der Waals surface area contributed by atoms with E-state index in [9.17, 15) is 0 Å². The van der Waals surface area contributed by atoms with E-state index in [1.165, 1.54) is 6.42 Å². The van der Waals surface area contributed by atoms with Gasteiger partial charge in [-0.1, -0.05) is 0 Å². The Hall–Kier alpha value is -2.37. The summed E-state index contributed by atoms with van der Waals surface area (Å²) in [7, 11) is 3.96. The lowest BCUT2D eigenvalue weighted by Gasteiger charge is -2.27. The van der Waals surface area contributed by atoms with Crippen LogP contribution in [-0.4, -0.2) is 48.2 Å². The molecule has 0 amide bonds. The second kappa shape index (κ2) is 4.58. The third-order valence-corrected chi connectivity index (χ3v) is 4.10. The van der Waals surface area contributed by atoms with Gasteiger partial charge in [-0.15, -0.1) is 0 Å². The molecule has 21 heavy (non-hydrogen) atoms. The van der Waals surface area contributed by atoms with Gasteiger partial charge in [0.05, 0.1) is 11.9 Å². The second-order valence-electron chi connectivity index (χ2n) is 5.80. The van der Waals surface area contributed by atoms with Crippen LogP contribution < -0.4 is 15.1 Å². The monoisotopic (exact) mass is 282 g/mol. The van der Waals surface area contributed by atoms with E-state index in [2.05, 4.69) is 20.2 Å². The number of rotatable bonds is 2. The first-order valence-electron chi connectivity index (χ1n) is 7.23. The molecular weight excluding hydrogens is 264 g/mol. The molecule has 2 aromatic heterocycles. The van der Waals surface area contributed by atoms with Crippen molar-refractivity contribution in [1.82, 2.24) is 15.0 Å². The minimum atomic E-state index is 0.523. The zero-order valence-electron chi connectivity index (χ0n) is 12.2. The van der Waals surface area contributed by atoms with E-state index in [-0.39, 0.29) is 0 Å². The van der Waals surface area contributed by atoms with Crippen molar-refractivity contribution in [3.05, 3.63) is 24.5 Å². The van der Waals surface area contributed by atoms with Gasteiger partial charge < -0.3 is 15.1 Å². The molecular formula is C15H18N6. The molecule has 0 spiro atoms. The molecule has 0 radical (unpaired) electrons. The van der Waals surface area contributed by atoms with Crippen molar-refractivity contribution >= 4 is 17.3 Å². The summed E-state index contributed by atoms with van der Waals surface area (Å²) in [6.45, 7) is 2.16. The van der Waals surface area contributed by atoms with Crippen molar-refractivity contribution in [2.45, 2.75) is 12.5 Å². The highest BCUT2D eigenvalue weighted by atomic mass is 15.3. The average molecular weight is 282 g/mol. The topological polar surface area (TPSA) is 57.2 Å². The lowest BCUT2D eigenvalue weighted by molar-refractivity contribution is 0.786. The van der Waals surface area contributed by atoms with E-state index in [0.29, 0.717) is 6.04 Å². The third kappa shape index (κ3) is 2.07. The molecule has 4 heterocycles. The number of nitrogens with zero attached hydrogens (tertiary/aromatic N) is 5. The molecule has 0 unspecified atom stereocenters. The normalized spacial score (nSPS) is 19.1. The van der Waals surface area contributed by atoms with Gasteiger partial charge in [0.15, 0.2) is 11.6 Å². The lowest BCUT2D eigenvalue weighted by atomic mass is 10.2. The summed E-state index contributed by atoms with van der Waals surface area (Å²) in [5.74, 6) is 2.61. The van der Waals surface area contributed by atoms with Crippen LogP contribution in [0, 0.1) is 0 Å². The Morgan fingerprint density at radius 1 is 1.33 bits per heavy atom. The third-order valence-electron chi connectivity index (χ3n) is 4.10. The van der Waals surface area contributed by atoms with Gasteiger partial charge in [0.1, 0.15) is 5.82 Å². The lowest BCUT2D eigenvalue weighted by Crippen LogP contribution is -2.32. The Balaban J connectivity index is 1.74. The van der Waals surface area contributed by atoms with Gasteiger partial charge in [-0.2, -0.15) is 0 Å². The van der Waals surface area contributed by atoms with Crippen molar-refractivity contribution in [3.63, 3.8) is 0 Å². The summed E-state index contributed by atoms with van der Waals surface area (Å²) in [6, 6.07) is 4.49. The summed E-state index contributed by atoms with van der Waals surface area (Å²) in [4.78, 5) is 17.9. The number of pyridine rings is 1. The number of aromatic nitrogens is 3. The van der Waals surface area contributed by atoms with Gasteiger partial charge in [-0.05, 0) is 18.6 Å². The van der Waals surface area contributed by atoms with Crippen LogP contribution in [0.25, 0.3) is 11.4 Å². The van der Waals surface area contributed by atoms with Crippen molar-refractivity contribution in [3.8, 4) is 11.4 Å². The largest absolute Gasteiger partial charge is 0.365 e. The first kappa shape index (κ1) is 12.4. The fourth-order valence-electron chi connectivity index (χ4n) is 2.94. The fraction of sp³-hybridized carbons (Fsp3) is 0.400. The highest BCUT2D eigenvalue weighted by Gasteiger charge is 2.31. The van der Waals surface area contributed by atoms with Gasteiger partial charge in [-0.3, -0.25) is 0 Å². The van der Waals surface area contributed by atoms with E-state index in [1.54, 1.807) is 6.20 Å². The Kier molecular flexibility index (Phi) is 2.70. The fourth-order valence-corrected chi connectivity index (χ4v) is 2.94. The van der Waals surface area contributed by atoms with E-state index in [1.807, 2.05) is 37.3 Å². The Morgan fingerprint density at radius 2 is 2.24 bits per heavy atom. The molecule has 6 heteroatoms. The van der Waals surface area contributed by atoms with Crippen LogP contribution in [0.1, 0.15) is 6.42 Å². The van der Waals surface area contributed by atoms with Crippen LogP contribution in [-0.2, 0) is 0 Å². The number of anilines is 3. The smallest absolute Gasteiger partial charge is 0.161 e. The van der Waals surface area contributed by atoms with Gasteiger partial charge >= 0.3 is 0 Å². The number of nitrogens with one attached hydrogen (secondary N) is 1. The Bertz CT molecular complexity index is 684. The highest BCUT2D eigenvalue weighted by molar-refractivity contribution is 5.72. The molecule has 0 aliphatic carbocycles. The maximum Gasteiger partial charge on any atom is 0.161 e. The van der Waals surface area contributed by atoms with E-state index < -0.39 is 0 Å². The maximum atomic E-state index is 4.71. The van der Waals surface area contributed by atoms with E-state index in [0.717, 1.165) is 41.8 Å². The molecule has 1 fully saturated rings. The molecule has 2 bridgehead atoms. The van der Waals surface area contributed by atoms with Crippen LogP contribution in [0.5, 0.6) is 0 Å². The van der Waals surface area contributed by atoms with Gasteiger partial charge in [0.2, 0.25) is 0 Å². The molecule has 0 aromatic carbocycles. The minimum absolute atomic E-state index is 0.523. The van der Waals surface area contributed by atoms with E-state index in [4.69, 9.17) is 4.98 Å².